The third-order valence-corrected chi connectivity index (χ3v) is 5.80. The van der Waals surface area contributed by atoms with Gasteiger partial charge in [0.25, 0.3) is 0 Å². The van der Waals surface area contributed by atoms with Gasteiger partial charge in [-0.3, -0.25) is 0 Å². The Morgan fingerprint density at radius 2 is 1.70 bits per heavy atom. The Morgan fingerprint density at radius 3 is 2.44 bits per heavy atom. The number of aryl methyl sites for hydroxylation is 1. The zero-order valence-electron chi connectivity index (χ0n) is 16.9. The smallest absolute Gasteiger partial charge is 0.0825 e. The molecular weight excluding hydrogens is 330 g/mol. The van der Waals surface area contributed by atoms with Gasteiger partial charge >= 0.3 is 0 Å². The molecule has 2 aromatic rings. The molecule has 1 aliphatic rings. The summed E-state index contributed by atoms with van der Waals surface area (Å²) in [5, 5.41) is 0. The summed E-state index contributed by atoms with van der Waals surface area (Å²) in [6.07, 6.45) is 8.82. The van der Waals surface area contributed by atoms with Gasteiger partial charge in [-0.15, -0.1) is 0 Å². The van der Waals surface area contributed by atoms with Gasteiger partial charge in [-0.25, -0.2) is 0 Å². The molecule has 1 heterocycles. The van der Waals surface area contributed by atoms with Gasteiger partial charge in [0.2, 0.25) is 0 Å². The van der Waals surface area contributed by atoms with Crippen LogP contribution in [0, 0.1) is 0 Å². The van der Waals surface area contributed by atoms with E-state index in [1.54, 1.807) is 0 Å². The lowest BCUT2D eigenvalue weighted by atomic mass is 10.0. The summed E-state index contributed by atoms with van der Waals surface area (Å²) >= 11 is 0. The van der Waals surface area contributed by atoms with Crippen molar-refractivity contribution in [1.82, 2.24) is 4.90 Å². The summed E-state index contributed by atoms with van der Waals surface area (Å²) in [7, 11) is 0. The molecule has 1 saturated heterocycles. The highest BCUT2D eigenvalue weighted by Gasteiger charge is 2.18. The van der Waals surface area contributed by atoms with Crippen LogP contribution in [0.15, 0.2) is 60.7 Å². The van der Waals surface area contributed by atoms with Crippen LogP contribution in [0.4, 0.5) is 0 Å². The average molecular weight is 366 g/mol. The van der Waals surface area contributed by atoms with Crippen LogP contribution >= 0.6 is 0 Å². The Bertz CT molecular complexity index is 627. The van der Waals surface area contributed by atoms with Crippen molar-refractivity contribution in [3.8, 4) is 0 Å². The standard InChI is InChI=1S/C25H35NO/c1-22-12-8-9-19-26(22)20-11-21-27-25(24-16-6-3-7-17-24)18-10-15-23-13-4-2-5-14-23/h2-7,13-14,16-17,22,25H,8-12,15,18-21H2,1H3. The van der Waals surface area contributed by atoms with Gasteiger partial charge in [-0.2, -0.15) is 0 Å². The molecule has 0 aromatic heterocycles. The zero-order valence-corrected chi connectivity index (χ0v) is 16.9. The number of ether oxygens (including phenoxy) is 1. The fraction of sp³-hybridized carbons (Fsp3) is 0.520. The van der Waals surface area contributed by atoms with E-state index in [-0.39, 0.29) is 6.10 Å². The highest BCUT2D eigenvalue weighted by atomic mass is 16.5. The van der Waals surface area contributed by atoms with Gasteiger partial charge in [0.15, 0.2) is 0 Å². The summed E-state index contributed by atoms with van der Waals surface area (Å²) in [6.45, 7) is 5.66. The second-order valence-corrected chi connectivity index (χ2v) is 7.88. The Balaban J connectivity index is 1.45. The van der Waals surface area contributed by atoms with Crippen molar-refractivity contribution in [3.63, 3.8) is 0 Å². The fourth-order valence-corrected chi connectivity index (χ4v) is 4.13. The fourth-order valence-electron chi connectivity index (χ4n) is 4.13. The summed E-state index contributed by atoms with van der Waals surface area (Å²) < 4.78 is 6.37. The molecule has 0 aliphatic carbocycles. The lowest BCUT2D eigenvalue weighted by Gasteiger charge is -2.33. The maximum absolute atomic E-state index is 6.37. The molecule has 1 fully saturated rings. The molecule has 146 valence electrons. The number of nitrogens with zero attached hydrogens (tertiary/aromatic N) is 1. The summed E-state index contributed by atoms with van der Waals surface area (Å²) in [6, 6.07) is 22.3. The first-order valence-corrected chi connectivity index (χ1v) is 10.8. The van der Waals surface area contributed by atoms with Crippen LogP contribution in [0.1, 0.15) is 62.7 Å². The molecule has 0 spiro atoms. The maximum atomic E-state index is 6.37. The molecule has 2 atom stereocenters. The Labute approximate surface area is 165 Å². The van der Waals surface area contributed by atoms with Crippen LogP contribution < -0.4 is 0 Å². The van der Waals surface area contributed by atoms with Crippen molar-refractivity contribution in [3.05, 3.63) is 71.8 Å². The predicted octanol–water partition coefficient (Wildman–Crippen LogP) is 6.03. The number of likely N-dealkylation sites (tertiary alicyclic amines) is 1. The van der Waals surface area contributed by atoms with Gasteiger partial charge in [0.05, 0.1) is 6.10 Å². The molecular formula is C25H35NO. The lowest BCUT2D eigenvalue weighted by Crippen LogP contribution is -2.38. The first-order valence-electron chi connectivity index (χ1n) is 10.8. The Kier molecular flexibility index (Phi) is 8.38. The lowest BCUT2D eigenvalue weighted by molar-refractivity contribution is 0.0351. The molecule has 1 aliphatic heterocycles. The van der Waals surface area contributed by atoms with Crippen LogP contribution in [-0.2, 0) is 11.2 Å². The molecule has 0 radical (unpaired) electrons. The van der Waals surface area contributed by atoms with Crippen LogP contribution in [0.2, 0.25) is 0 Å². The normalized spacial score (nSPS) is 19.1. The largest absolute Gasteiger partial charge is 0.373 e. The average Bonchev–Trinajstić information content (AvgIpc) is 2.72. The third-order valence-electron chi connectivity index (χ3n) is 5.80. The van der Waals surface area contributed by atoms with Gasteiger partial charge in [-0.1, -0.05) is 67.1 Å². The second kappa shape index (κ2) is 11.3. The predicted molar refractivity (Wildman–Crippen MR) is 114 cm³/mol. The summed E-state index contributed by atoms with van der Waals surface area (Å²) in [5.74, 6) is 0. The molecule has 27 heavy (non-hydrogen) atoms. The van der Waals surface area contributed by atoms with Gasteiger partial charge in [-0.05, 0) is 63.1 Å². The number of hydrogen-bond donors (Lipinski definition) is 0. The van der Waals surface area contributed by atoms with Crippen molar-refractivity contribution >= 4 is 0 Å². The molecule has 0 saturated carbocycles. The zero-order chi connectivity index (χ0) is 18.7. The first kappa shape index (κ1) is 20.1. The van der Waals surface area contributed by atoms with Crippen LogP contribution in [0.25, 0.3) is 0 Å². The van der Waals surface area contributed by atoms with Crippen molar-refractivity contribution in [2.24, 2.45) is 0 Å². The van der Waals surface area contributed by atoms with E-state index >= 15 is 0 Å². The van der Waals surface area contributed by atoms with E-state index in [1.807, 2.05) is 0 Å². The highest BCUT2D eigenvalue weighted by Crippen LogP contribution is 2.24. The Hall–Kier alpha value is -1.64. The number of benzene rings is 2. The maximum Gasteiger partial charge on any atom is 0.0825 e. The molecule has 0 bridgehead atoms. The molecule has 2 aromatic carbocycles. The van der Waals surface area contributed by atoms with Crippen molar-refractivity contribution in [2.45, 2.75) is 64.0 Å². The van der Waals surface area contributed by atoms with Gasteiger partial charge in [0, 0.05) is 19.2 Å². The van der Waals surface area contributed by atoms with Crippen LogP contribution in [0.3, 0.4) is 0 Å². The van der Waals surface area contributed by atoms with Crippen molar-refractivity contribution < 1.29 is 4.74 Å². The summed E-state index contributed by atoms with van der Waals surface area (Å²) in [5.41, 5.74) is 2.74. The van der Waals surface area contributed by atoms with Crippen molar-refractivity contribution in [1.29, 1.82) is 0 Å². The van der Waals surface area contributed by atoms with Crippen LogP contribution in [-0.4, -0.2) is 30.6 Å². The van der Waals surface area contributed by atoms with E-state index in [4.69, 9.17) is 4.74 Å². The topological polar surface area (TPSA) is 12.5 Å². The molecule has 0 amide bonds. The molecule has 2 heteroatoms. The monoisotopic (exact) mass is 365 g/mol. The van der Waals surface area contributed by atoms with E-state index in [0.717, 1.165) is 38.3 Å². The first-order chi connectivity index (χ1) is 13.3. The third kappa shape index (κ3) is 6.79. The summed E-state index contributed by atoms with van der Waals surface area (Å²) in [4.78, 5) is 2.64. The van der Waals surface area contributed by atoms with Crippen molar-refractivity contribution in [2.75, 3.05) is 19.7 Å². The SMILES string of the molecule is CC1CCCCN1CCCOC(CCCc1ccccc1)c1ccccc1. The minimum absolute atomic E-state index is 0.216. The number of hydrogen-bond acceptors (Lipinski definition) is 2. The minimum atomic E-state index is 0.216. The van der Waals surface area contributed by atoms with Crippen LogP contribution in [0.5, 0.6) is 0 Å². The molecule has 0 N–H and O–H groups in total. The van der Waals surface area contributed by atoms with Gasteiger partial charge in [0.1, 0.15) is 0 Å². The number of piperidine rings is 1. The molecule has 2 nitrogen and oxygen atoms in total. The van der Waals surface area contributed by atoms with E-state index in [2.05, 4.69) is 72.5 Å². The minimum Gasteiger partial charge on any atom is -0.373 e. The van der Waals surface area contributed by atoms with E-state index in [9.17, 15) is 0 Å². The highest BCUT2D eigenvalue weighted by molar-refractivity contribution is 5.18. The van der Waals surface area contributed by atoms with Gasteiger partial charge < -0.3 is 9.64 Å². The molecule has 2 unspecified atom stereocenters. The van der Waals surface area contributed by atoms with E-state index in [1.165, 1.54) is 43.5 Å². The van der Waals surface area contributed by atoms with E-state index in [0.29, 0.717) is 0 Å². The second-order valence-electron chi connectivity index (χ2n) is 7.88. The molecule has 3 rings (SSSR count). The number of rotatable bonds is 10. The van der Waals surface area contributed by atoms with E-state index < -0.39 is 0 Å². The Morgan fingerprint density at radius 1 is 0.963 bits per heavy atom. The quantitative estimate of drug-likeness (QED) is 0.477.